The number of ketones is 1. The fourth-order valence-corrected chi connectivity index (χ4v) is 16.3. The van der Waals surface area contributed by atoms with Gasteiger partial charge in [-0.05, 0) is 192 Å². The van der Waals surface area contributed by atoms with Crippen molar-refractivity contribution in [2.24, 2.45) is 51.2 Å². The third kappa shape index (κ3) is 16.0. The van der Waals surface area contributed by atoms with E-state index in [1.807, 2.05) is 118 Å². The molecule has 21 heteroatoms. The van der Waals surface area contributed by atoms with Crippen LogP contribution < -0.4 is 5.32 Å². The van der Waals surface area contributed by atoms with Gasteiger partial charge in [0.05, 0.1) is 47.0 Å². The molecule has 0 aromatic heterocycles. The van der Waals surface area contributed by atoms with Gasteiger partial charge in [-0.3, -0.25) is 33.9 Å². The maximum Gasteiger partial charge on any atom is 0.324 e. The topological polar surface area (TPSA) is 222 Å². The maximum absolute atomic E-state index is 16.7. The monoisotopic (exact) mass is 1240 g/mol. The van der Waals surface area contributed by atoms with Crippen LogP contribution in [-0.2, 0) is 57.1 Å². The van der Waals surface area contributed by atoms with Gasteiger partial charge in [0.25, 0.3) is 0 Å². The molecule has 6 fully saturated rings. The lowest BCUT2D eigenvalue weighted by Crippen LogP contribution is -2.62. The first kappa shape index (κ1) is 73.8. The molecule has 3 N–H and O–H groups in total. The van der Waals surface area contributed by atoms with E-state index < -0.39 is 99.4 Å². The molecular weight excluding hydrogens is 1130 g/mol. The van der Waals surface area contributed by atoms with Gasteiger partial charge in [-0.2, -0.15) is 0 Å². The Hall–Kier alpha value is -3.21. The van der Waals surface area contributed by atoms with Crippen molar-refractivity contribution >= 4 is 29.9 Å². The van der Waals surface area contributed by atoms with Gasteiger partial charge < -0.3 is 68.2 Å². The highest BCUT2D eigenvalue weighted by Gasteiger charge is 2.58. The lowest BCUT2D eigenvalue weighted by Gasteiger charge is -2.51. The van der Waals surface area contributed by atoms with Crippen LogP contribution in [0.2, 0.25) is 0 Å². The first-order valence-corrected chi connectivity index (χ1v) is 32.6. The molecule has 504 valence electrons. The van der Waals surface area contributed by atoms with Gasteiger partial charge in [0, 0.05) is 63.3 Å². The van der Waals surface area contributed by atoms with Gasteiger partial charge in [-0.25, -0.2) is 0 Å². The lowest BCUT2D eigenvalue weighted by molar-refractivity contribution is -0.295. The van der Waals surface area contributed by atoms with E-state index in [0.717, 1.165) is 25.7 Å². The minimum Gasteiger partial charge on any atom is -0.463 e. The van der Waals surface area contributed by atoms with Gasteiger partial charge in [0.15, 0.2) is 18.4 Å². The molecule has 21 nitrogen and oxygen atoms in total. The Bertz CT molecular complexity index is 2420. The van der Waals surface area contributed by atoms with Crippen LogP contribution in [0.25, 0.3) is 0 Å². The second-order valence-corrected chi connectivity index (χ2v) is 30.7. The Kier molecular flexibility index (Phi) is 24.7. The predicted octanol–water partition coefficient (Wildman–Crippen LogP) is 4.42. The number of esters is 2. The summed E-state index contributed by atoms with van der Waals surface area (Å²) >= 11 is 0. The fraction of sp³-hybridized carbons (Fsp3) is 0.896. The molecule has 0 aromatic carbocycles. The van der Waals surface area contributed by atoms with E-state index >= 15 is 9.59 Å². The number of piperidine rings is 1. The number of hydrogen-bond acceptors (Lipinski definition) is 20. The zero-order valence-corrected chi connectivity index (χ0v) is 57.8. The summed E-state index contributed by atoms with van der Waals surface area (Å²) in [5, 5.41) is 27.8. The Balaban J connectivity index is 1.56. The molecule has 0 bridgehead atoms. The molecule has 0 saturated carbocycles. The van der Waals surface area contributed by atoms with Crippen molar-refractivity contribution in [3.63, 3.8) is 0 Å². The highest BCUT2D eigenvalue weighted by atomic mass is 16.7. The van der Waals surface area contributed by atoms with E-state index in [-0.39, 0.29) is 99.1 Å². The normalized spacial score (nSPS) is 42.5. The van der Waals surface area contributed by atoms with Crippen LogP contribution in [-0.4, -0.2) is 270 Å². The minimum absolute atomic E-state index is 0.0156. The SMILES string of the molecule is C#C[C@@]1(C)C[C@](C)(C=O)[C@@H](O[C@@H]2O[C@H](C)C[C@H](N(C)C)[C@H]2O)C(C)(C)C[C@@H](C[C@]2(C)C(=O)OC[C@H](C3CN(C(=O)[C@@H](C)N(C)C)C3)N(C)C[C@H](C)C[C@@](C)(OC)[C@H](O[C@@H]3O[C@H](C)C[C@H](N(C)C)[C@H]3O)[C@@H](C)C2=O)CN(C)[C@@](C)([C@@H]2CCCNC2)COC1=O. The van der Waals surface area contributed by atoms with Crippen molar-refractivity contribution in [2.75, 3.05) is 116 Å². The number of aliphatic hydroxyl groups excluding tert-OH is 2. The van der Waals surface area contributed by atoms with Crippen molar-refractivity contribution in [1.82, 2.24) is 34.7 Å². The molecule has 0 spiro atoms. The number of aldehydes is 1. The molecule has 0 radical (unpaired) electrons. The number of amides is 1. The molecule has 6 saturated heterocycles. The fourth-order valence-electron chi connectivity index (χ4n) is 16.3. The van der Waals surface area contributed by atoms with Gasteiger partial charge >= 0.3 is 11.9 Å². The Morgan fingerprint density at radius 1 is 0.841 bits per heavy atom. The van der Waals surface area contributed by atoms with E-state index in [4.69, 9.17) is 39.6 Å². The number of nitrogens with zero attached hydrogens (tertiary/aromatic N) is 6. The Labute approximate surface area is 528 Å². The first-order valence-electron chi connectivity index (χ1n) is 32.6. The molecule has 0 aromatic rings. The van der Waals surface area contributed by atoms with Gasteiger partial charge in [0.2, 0.25) is 5.91 Å². The predicted molar refractivity (Wildman–Crippen MR) is 337 cm³/mol. The Morgan fingerprint density at radius 2 is 1.42 bits per heavy atom. The summed E-state index contributed by atoms with van der Waals surface area (Å²) in [5.74, 6) is -0.906. The van der Waals surface area contributed by atoms with Crippen molar-refractivity contribution in [1.29, 1.82) is 0 Å². The van der Waals surface area contributed by atoms with Gasteiger partial charge in [0.1, 0.15) is 42.5 Å². The van der Waals surface area contributed by atoms with Crippen LogP contribution >= 0.6 is 0 Å². The molecule has 1 amide bonds. The number of cyclic esters (lactones) is 2. The molecule has 0 unspecified atom stereocenters. The van der Waals surface area contributed by atoms with E-state index in [1.165, 1.54) is 0 Å². The zero-order chi connectivity index (χ0) is 66.0. The van der Waals surface area contributed by atoms with Crippen LogP contribution in [0.15, 0.2) is 0 Å². The maximum atomic E-state index is 16.7. The van der Waals surface area contributed by atoms with Crippen molar-refractivity contribution in [3.8, 4) is 12.3 Å². The van der Waals surface area contributed by atoms with E-state index in [1.54, 1.807) is 34.8 Å². The highest BCUT2D eigenvalue weighted by Crippen LogP contribution is 2.51. The van der Waals surface area contributed by atoms with Crippen LogP contribution in [0.3, 0.4) is 0 Å². The third-order valence-electron chi connectivity index (χ3n) is 21.9. The molecule has 6 heterocycles. The number of ether oxygens (including phenoxy) is 7. The van der Waals surface area contributed by atoms with E-state index in [2.05, 4.69) is 34.9 Å². The number of rotatable bonds is 14. The number of methoxy groups -OCH3 is 1. The van der Waals surface area contributed by atoms with Crippen LogP contribution in [0.4, 0.5) is 0 Å². The third-order valence-corrected chi connectivity index (χ3v) is 21.9. The van der Waals surface area contributed by atoms with E-state index in [9.17, 15) is 24.6 Å². The number of likely N-dealkylation sites (N-methyl/N-ethyl adjacent to an activating group) is 5. The van der Waals surface area contributed by atoms with Crippen LogP contribution in [0, 0.1) is 63.6 Å². The summed E-state index contributed by atoms with van der Waals surface area (Å²) in [4.78, 5) is 87.6. The van der Waals surface area contributed by atoms with Gasteiger partial charge in [-0.1, -0.05) is 40.5 Å². The zero-order valence-electron chi connectivity index (χ0n) is 57.8. The molecule has 88 heavy (non-hydrogen) atoms. The summed E-state index contributed by atoms with van der Waals surface area (Å²) < 4.78 is 46.9. The number of terminal acetylenes is 1. The molecule has 21 atom stereocenters. The standard InChI is InChI=1S/C67H117N7O14/c1-23-63(9)38-64(10,39-75)59(88-58-53(77)50(71(18)19)28-43(4)86-58)62(7,8)30-46(34-73(21)66(12,40-84-60(63)80)48-25-24-26-68-32-48)31-65(11)54(78)44(5)55(87-57-52(76)49(70(16)17)27-42(3)85-57)67(13,82-22)29-41(2)33-72(20)51(37-83-61(65)81)47-35-74(36-47)56(79)45(6)69(14)15/h1,39,41-53,55,57-59,68,76-77H,24-38,40H2,2-22H3/t41-,42-,43-,44+,45-,46+,48-,49+,50+,51-,52-,53-,55-,57+,58+,59+,63+,64-,65+,66-,67-/m1/s1. The average Bonchev–Trinajstić information content (AvgIpc) is 1.25. The number of hydrogen-bond donors (Lipinski definition) is 3. The minimum atomic E-state index is -1.92. The van der Waals surface area contributed by atoms with Crippen LogP contribution in [0.5, 0.6) is 0 Å². The van der Waals surface area contributed by atoms with Crippen molar-refractivity contribution in [3.05, 3.63) is 0 Å². The molecule has 6 rings (SSSR count). The quantitative estimate of drug-likeness (QED) is 0.0948. The van der Waals surface area contributed by atoms with Crippen LogP contribution in [0.1, 0.15) is 134 Å². The summed E-state index contributed by atoms with van der Waals surface area (Å²) in [6.07, 6.45) is 2.83. The summed E-state index contributed by atoms with van der Waals surface area (Å²) in [6.45, 7) is 25.7. The molecular formula is C67H117N7O14. The largest absolute Gasteiger partial charge is 0.463 e. The number of aliphatic hydroxyl groups is 2. The summed E-state index contributed by atoms with van der Waals surface area (Å²) in [5.41, 5.74) is -8.17. The molecule has 6 aliphatic heterocycles. The number of carbonyl (C=O) groups is 5. The first-order chi connectivity index (χ1) is 40.8. The number of likely N-dealkylation sites (tertiary alicyclic amines) is 1. The molecule has 6 aliphatic rings. The Morgan fingerprint density at radius 3 is 1.93 bits per heavy atom. The van der Waals surface area contributed by atoms with Gasteiger partial charge in [-0.15, -0.1) is 6.42 Å². The van der Waals surface area contributed by atoms with Crippen molar-refractivity contribution < 1.29 is 67.3 Å². The number of nitrogens with one attached hydrogen (secondary N) is 1. The average molecular weight is 1240 g/mol. The summed E-state index contributed by atoms with van der Waals surface area (Å²) in [7, 11) is 16.9. The van der Waals surface area contributed by atoms with E-state index in [0.29, 0.717) is 45.4 Å². The smallest absolute Gasteiger partial charge is 0.324 e. The second-order valence-electron chi connectivity index (χ2n) is 30.7. The summed E-state index contributed by atoms with van der Waals surface area (Å²) in [6, 6.07) is -1.37. The number of carbonyl (C=O) groups excluding carboxylic acids is 5. The lowest BCUT2D eigenvalue weighted by atomic mass is 9.61. The van der Waals surface area contributed by atoms with Crippen molar-refractivity contribution in [2.45, 2.75) is 219 Å². The highest BCUT2D eigenvalue weighted by molar-refractivity contribution is 6.04. The molecule has 0 aliphatic carbocycles. The second kappa shape index (κ2) is 29.4. The number of Topliss-reactive ketones (excluding diaryl/α,β-unsaturated/α-hetero) is 1.